The van der Waals surface area contributed by atoms with Gasteiger partial charge in [0.05, 0.1) is 6.54 Å². The van der Waals surface area contributed by atoms with Crippen LogP contribution in [0.1, 0.15) is 40.2 Å². The molecule has 1 rings (SSSR count). The summed E-state index contributed by atoms with van der Waals surface area (Å²) in [7, 11) is 0. The predicted octanol–water partition coefficient (Wildman–Crippen LogP) is 1.33. The summed E-state index contributed by atoms with van der Waals surface area (Å²) in [5.74, 6) is 0.575. The van der Waals surface area contributed by atoms with Gasteiger partial charge in [-0.1, -0.05) is 13.8 Å². The average molecular weight is 293 g/mol. The molecule has 1 amide bonds. The molecule has 0 bridgehead atoms. The van der Waals surface area contributed by atoms with E-state index in [2.05, 4.69) is 34.4 Å². The van der Waals surface area contributed by atoms with E-state index in [1.165, 1.54) is 0 Å². The maximum absolute atomic E-state index is 11.8. The van der Waals surface area contributed by atoms with Gasteiger partial charge in [-0.2, -0.15) is 0 Å². The average Bonchev–Trinajstić information content (AvgIpc) is 2.42. The van der Waals surface area contributed by atoms with Gasteiger partial charge in [0.25, 0.3) is 0 Å². The maximum Gasteiger partial charge on any atom is 0.239 e. The smallest absolute Gasteiger partial charge is 0.239 e. The SMILES string of the molecule is CCN(CC(=O)NC(C)C)c1ncc(CNC(C)C)cn1. The summed E-state index contributed by atoms with van der Waals surface area (Å²) in [5.41, 5.74) is 1.04. The lowest BCUT2D eigenvalue weighted by molar-refractivity contribution is -0.120. The molecule has 0 aromatic carbocycles. The summed E-state index contributed by atoms with van der Waals surface area (Å²) in [6, 6.07) is 0.568. The Hall–Kier alpha value is -1.69. The number of likely N-dealkylation sites (N-methyl/N-ethyl adjacent to an activating group) is 1. The topological polar surface area (TPSA) is 70.2 Å². The van der Waals surface area contributed by atoms with E-state index in [4.69, 9.17) is 0 Å². The summed E-state index contributed by atoms with van der Waals surface area (Å²) in [6.07, 6.45) is 3.61. The number of nitrogens with zero attached hydrogens (tertiary/aromatic N) is 3. The van der Waals surface area contributed by atoms with Crippen LogP contribution < -0.4 is 15.5 Å². The molecule has 21 heavy (non-hydrogen) atoms. The minimum absolute atomic E-state index is 0.0130. The first-order valence-corrected chi connectivity index (χ1v) is 7.51. The van der Waals surface area contributed by atoms with Crippen LogP contribution in [0.25, 0.3) is 0 Å². The molecule has 0 aliphatic heterocycles. The lowest BCUT2D eigenvalue weighted by atomic mass is 10.3. The summed E-state index contributed by atoms with van der Waals surface area (Å²) >= 11 is 0. The third kappa shape index (κ3) is 6.53. The fraction of sp³-hybridized carbons (Fsp3) is 0.667. The van der Waals surface area contributed by atoms with Crippen LogP contribution in [0.4, 0.5) is 5.95 Å². The van der Waals surface area contributed by atoms with Crippen LogP contribution in [0.3, 0.4) is 0 Å². The Morgan fingerprint density at radius 2 is 1.81 bits per heavy atom. The van der Waals surface area contributed by atoms with Crippen LogP contribution in [0.5, 0.6) is 0 Å². The van der Waals surface area contributed by atoms with Crippen LogP contribution in [-0.2, 0) is 11.3 Å². The highest BCUT2D eigenvalue weighted by molar-refractivity contribution is 5.80. The Morgan fingerprint density at radius 1 is 1.19 bits per heavy atom. The lowest BCUT2D eigenvalue weighted by Crippen LogP contribution is -2.40. The molecule has 0 spiro atoms. The van der Waals surface area contributed by atoms with E-state index in [0.29, 0.717) is 18.5 Å². The van der Waals surface area contributed by atoms with Gasteiger partial charge in [-0.15, -0.1) is 0 Å². The molecule has 0 saturated carbocycles. The fourth-order valence-corrected chi connectivity index (χ4v) is 1.79. The van der Waals surface area contributed by atoms with Crippen molar-refractivity contribution in [3.05, 3.63) is 18.0 Å². The first-order chi connectivity index (χ1) is 9.92. The number of amides is 1. The van der Waals surface area contributed by atoms with Crippen molar-refractivity contribution in [1.82, 2.24) is 20.6 Å². The third-order valence-corrected chi connectivity index (χ3v) is 2.85. The predicted molar refractivity (Wildman–Crippen MR) is 85.2 cm³/mol. The normalized spacial score (nSPS) is 11.0. The number of rotatable bonds is 8. The molecule has 0 atom stereocenters. The molecule has 1 aromatic heterocycles. The van der Waals surface area contributed by atoms with Crippen molar-refractivity contribution in [2.45, 2.75) is 53.2 Å². The van der Waals surface area contributed by atoms with Crippen molar-refractivity contribution in [1.29, 1.82) is 0 Å². The molecule has 2 N–H and O–H groups in total. The molecule has 0 radical (unpaired) electrons. The van der Waals surface area contributed by atoms with Crippen LogP contribution >= 0.6 is 0 Å². The number of carbonyl (C=O) groups excluding carboxylic acids is 1. The van der Waals surface area contributed by atoms with Gasteiger partial charge in [0, 0.05) is 43.1 Å². The molecule has 0 saturated heterocycles. The molecule has 6 nitrogen and oxygen atoms in total. The Morgan fingerprint density at radius 3 is 2.29 bits per heavy atom. The van der Waals surface area contributed by atoms with Gasteiger partial charge in [0.1, 0.15) is 0 Å². The van der Waals surface area contributed by atoms with Gasteiger partial charge in [0.15, 0.2) is 0 Å². The summed E-state index contributed by atoms with van der Waals surface area (Å²) in [4.78, 5) is 22.4. The summed E-state index contributed by atoms with van der Waals surface area (Å²) in [6.45, 7) is 11.8. The Bertz CT molecular complexity index is 430. The summed E-state index contributed by atoms with van der Waals surface area (Å²) in [5, 5.41) is 6.20. The van der Waals surface area contributed by atoms with Crippen LogP contribution in [0, 0.1) is 0 Å². The minimum Gasteiger partial charge on any atom is -0.352 e. The fourth-order valence-electron chi connectivity index (χ4n) is 1.79. The van der Waals surface area contributed by atoms with Gasteiger partial charge in [-0.25, -0.2) is 9.97 Å². The largest absolute Gasteiger partial charge is 0.352 e. The van der Waals surface area contributed by atoms with Crippen molar-refractivity contribution in [3.63, 3.8) is 0 Å². The number of anilines is 1. The molecule has 1 aromatic rings. The van der Waals surface area contributed by atoms with Gasteiger partial charge in [-0.05, 0) is 20.8 Å². The maximum atomic E-state index is 11.8. The van der Waals surface area contributed by atoms with Crippen molar-refractivity contribution >= 4 is 11.9 Å². The van der Waals surface area contributed by atoms with Gasteiger partial charge in [-0.3, -0.25) is 4.79 Å². The highest BCUT2D eigenvalue weighted by Gasteiger charge is 2.13. The molecule has 0 aliphatic rings. The van der Waals surface area contributed by atoms with E-state index in [1.54, 1.807) is 12.4 Å². The van der Waals surface area contributed by atoms with Crippen molar-refractivity contribution < 1.29 is 4.79 Å². The molecule has 0 fully saturated rings. The third-order valence-electron chi connectivity index (χ3n) is 2.85. The zero-order valence-corrected chi connectivity index (χ0v) is 13.7. The van der Waals surface area contributed by atoms with Crippen LogP contribution in [0.15, 0.2) is 12.4 Å². The molecular weight excluding hydrogens is 266 g/mol. The molecule has 118 valence electrons. The Balaban J connectivity index is 2.62. The van der Waals surface area contributed by atoms with Crippen molar-refractivity contribution in [2.24, 2.45) is 0 Å². The Kier molecular flexibility index (Phi) is 7.08. The Labute approximate surface area is 127 Å². The number of nitrogens with one attached hydrogen (secondary N) is 2. The second kappa shape index (κ2) is 8.56. The second-order valence-electron chi connectivity index (χ2n) is 5.66. The second-order valence-corrected chi connectivity index (χ2v) is 5.66. The highest BCUT2D eigenvalue weighted by atomic mass is 16.2. The van der Waals surface area contributed by atoms with Gasteiger partial charge < -0.3 is 15.5 Å². The van der Waals surface area contributed by atoms with E-state index in [-0.39, 0.29) is 18.5 Å². The monoisotopic (exact) mass is 293 g/mol. The molecule has 1 heterocycles. The van der Waals surface area contributed by atoms with Gasteiger partial charge >= 0.3 is 0 Å². The minimum atomic E-state index is -0.0130. The van der Waals surface area contributed by atoms with Crippen LogP contribution in [0.2, 0.25) is 0 Å². The quantitative estimate of drug-likeness (QED) is 0.756. The number of carbonyl (C=O) groups is 1. The van der Waals surface area contributed by atoms with E-state index in [9.17, 15) is 4.79 Å². The number of hydrogen-bond donors (Lipinski definition) is 2. The van der Waals surface area contributed by atoms with E-state index in [1.807, 2.05) is 25.7 Å². The first kappa shape index (κ1) is 17.4. The molecular formula is C15H27N5O. The zero-order chi connectivity index (χ0) is 15.8. The number of hydrogen-bond acceptors (Lipinski definition) is 5. The highest BCUT2D eigenvalue weighted by Crippen LogP contribution is 2.07. The van der Waals surface area contributed by atoms with Gasteiger partial charge in [0.2, 0.25) is 11.9 Å². The first-order valence-electron chi connectivity index (χ1n) is 7.51. The van der Waals surface area contributed by atoms with Crippen molar-refractivity contribution in [2.75, 3.05) is 18.0 Å². The van der Waals surface area contributed by atoms with E-state index >= 15 is 0 Å². The molecule has 0 aliphatic carbocycles. The molecule has 6 heteroatoms. The number of aromatic nitrogens is 2. The lowest BCUT2D eigenvalue weighted by Gasteiger charge is -2.21. The van der Waals surface area contributed by atoms with E-state index < -0.39 is 0 Å². The standard InChI is InChI=1S/C15H27N5O/c1-6-20(10-14(21)19-12(4)5)15-17-8-13(9-18-15)7-16-11(2)3/h8-9,11-12,16H,6-7,10H2,1-5H3,(H,19,21). The summed E-state index contributed by atoms with van der Waals surface area (Å²) < 4.78 is 0. The van der Waals surface area contributed by atoms with Crippen LogP contribution in [-0.4, -0.2) is 41.0 Å². The van der Waals surface area contributed by atoms with Crippen molar-refractivity contribution in [3.8, 4) is 0 Å². The molecule has 0 unspecified atom stereocenters. The van der Waals surface area contributed by atoms with E-state index in [0.717, 1.165) is 12.1 Å². The zero-order valence-electron chi connectivity index (χ0n) is 13.7.